The summed E-state index contributed by atoms with van der Waals surface area (Å²) in [6.45, 7) is 15.3. The Morgan fingerprint density at radius 1 is 0.839 bits per heavy atom. The Morgan fingerprint density at radius 3 is 1.84 bits per heavy atom. The van der Waals surface area contributed by atoms with Crippen LogP contribution in [0.5, 0.6) is 0 Å². The summed E-state index contributed by atoms with van der Waals surface area (Å²) in [7, 11) is 0. The topological polar surface area (TPSA) is 55.8 Å². The van der Waals surface area contributed by atoms with E-state index in [0.717, 1.165) is 44.9 Å². The molecule has 0 bridgehead atoms. The highest BCUT2D eigenvalue weighted by Crippen LogP contribution is 2.50. The van der Waals surface area contributed by atoms with Gasteiger partial charge in [-0.25, -0.2) is 0 Å². The summed E-state index contributed by atoms with van der Waals surface area (Å²) in [6.07, 6.45) is 6.73. The van der Waals surface area contributed by atoms with Crippen LogP contribution in [0.4, 0.5) is 0 Å². The number of nitrogens with zero attached hydrogens (tertiary/aromatic N) is 1. The molecule has 0 N–H and O–H groups in total. The van der Waals surface area contributed by atoms with Crippen molar-refractivity contribution in [3.05, 3.63) is 0 Å². The average molecular weight is 434 g/mol. The van der Waals surface area contributed by atoms with Crippen molar-refractivity contribution in [1.29, 1.82) is 0 Å². The van der Waals surface area contributed by atoms with E-state index < -0.39 is 5.79 Å². The molecule has 2 saturated carbocycles. The number of hydrogen-bond acceptors (Lipinski definition) is 4. The van der Waals surface area contributed by atoms with Gasteiger partial charge in [-0.2, -0.15) is 0 Å². The van der Waals surface area contributed by atoms with Crippen molar-refractivity contribution < 1.29 is 19.1 Å². The van der Waals surface area contributed by atoms with Gasteiger partial charge in [0.15, 0.2) is 5.79 Å². The molecule has 2 heterocycles. The van der Waals surface area contributed by atoms with Gasteiger partial charge in [-0.15, -0.1) is 0 Å². The van der Waals surface area contributed by atoms with Gasteiger partial charge in [0.25, 0.3) is 0 Å². The molecule has 2 saturated heterocycles. The fraction of sp³-hybridized carbons (Fsp3) is 0.923. The van der Waals surface area contributed by atoms with Gasteiger partial charge in [0.05, 0.1) is 24.0 Å². The normalized spacial score (nSPS) is 41.6. The molecule has 5 nitrogen and oxygen atoms in total. The Labute approximate surface area is 188 Å². The minimum Gasteiger partial charge on any atom is -0.344 e. The van der Waals surface area contributed by atoms with E-state index in [9.17, 15) is 9.59 Å². The lowest BCUT2D eigenvalue weighted by Crippen LogP contribution is -2.47. The van der Waals surface area contributed by atoms with E-state index >= 15 is 0 Å². The van der Waals surface area contributed by atoms with Crippen molar-refractivity contribution in [3.63, 3.8) is 0 Å². The van der Waals surface area contributed by atoms with E-state index in [0.29, 0.717) is 11.3 Å². The molecule has 5 unspecified atom stereocenters. The number of ether oxygens (including phenoxy) is 2. The molecule has 0 radical (unpaired) electrons. The first kappa shape index (κ1) is 23.2. The maximum Gasteiger partial charge on any atom is 0.233 e. The molecule has 2 aliphatic carbocycles. The molecule has 4 aliphatic rings. The summed E-state index contributed by atoms with van der Waals surface area (Å²) < 4.78 is 13.1. The van der Waals surface area contributed by atoms with Gasteiger partial charge in [-0.05, 0) is 55.3 Å². The van der Waals surface area contributed by atoms with Crippen LogP contribution in [0.25, 0.3) is 0 Å². The second-order valence-electron chi connectivity index (χ2n) is 12.4. The van der Waals surface area contributed by atoms with Crippen LogP contribution in [0, 0.1) is 35.0 Å². The van der Waals surface area contributed by atoms with Gasteiger partial charge in [0, 0.05) is 18.9 Å². The third kappa shape index (κ3) is 4.10. The van der Waals surface area contributed by atoms with Crippen LogP contribution in [-0.2, 0) is 19.1 Å². The van der Waals surface area contributed by atoms with Crippen molar-refractivity contribution >= 4 is 11.8 Å². The van der Waals surface area contributed by atoms with Crippen molar-refractivity contribution in [3.8, 4) is 0 Å². The second-order valence-corrected chi connectivity index (χ2v) is 12.4. The van der Waals surface area contributed by atoms with Crippen LogP contribution in [-0.4, -0.2) is 40.8 Å². The lowest BCUT2D eigenvalue weighted by molar-refractivity contribution is -0.202. The largest absolute Gasteiger partial charge is 0.344 e. The zero-order valence-electron chi connectivity index (χ0n) is 20.6. The molecule has 4 rings (SSSR count). The van der Waals surface area contributed by atoms with Crippen molar-refractivity contribution in [1.82, 2.24) is 4.90 Å². The molecule has 0 aromatic heterocycles. The Balaban J connectivity index is 1.44. The number of imide groups is 1. The highest BCUT2D eigenvalue weighted by Gasteiger charge is 2.56. The van der Waals surface area contributed by atoms with E-state index in [-0.39, 0.29) is 53.7 Å². The number of carbonyl (C=O) groups excluding carboxylic acids is 2. The molecule has 176 valence electrons. The minimum atomic E-state index is -0.439. The van der Waals surface area contributed by atoms with Gasteiger partial charge in [-0.3, -0.25) is 14.5 Å². The zero-order valence-corrected chi connectivity index (χ0v) is 20.6. The quantitative estimate of drug-likeness (QED) is 0.576. The molecular weight excluding hydrogens is 390 g/mol. The number of fused-ring (bicyclic) bond motifs is 1. The zero-order chi connectivity index (χ0) is 22.7. The predicted octanol–water partition coefficient (Wildman–Crippen LogP) is 5.17. The van der Waals surface area contributed by atoms with Crippen LogP contribution < -0.4 is 0 Å². The van der Waals surface area contributed by atoms with Crippen LogP contribution >= 0.6 is 0 Å². The highest BCUT2D eigenvalue weighted by molar-refractivity contribution is 6.05. The second kappa shape index (κ2) is 8.13. The monoisotopic (exact) mass is 433 g/mol. The fourth-order valence-corrected chi connectivity index (χ4v) is 6.81. The third-order valence-corrected chi connectivity index (χ3v) is 8.64. The number of rotatable bonds is 3. The van der Waals surface area contributed by atoms with Gasteiger partial charge in [-0.1, -0.05) is 48.5 Å². The minimum absolute atomic E-state index is 0.00105. The summed E-state index contributed by atoms with van der Waals surface area (Å²) >= 11 is 0. The van der Waals surface area contributed by atoms with Gasteiger partial charge in [0.2, 0.25) is 11.8 Å². The summed E-state index contributed by atoms with van der Waals surface area (Å²) in [5.74, 6) is 0.334. The molecule has 1 spiro atoms. The van der Waals surface area contributed by atoms with Gasteiger partial charge >= 0.3 is 0 Å². The molecule has 0 aromatic rings. The first-order valence-corrected chi connectivity index (χ1v) is 12.7. The van der Waals surface area contributed by atoms with Crippen LogP contribution in [0.2, 0.25) is 0 Å². The van der Waals surface area contributed by atoms with E-state index in [1.165, 1.54) is 0 Å². The number of carbonyl (C=O) groups is 2. The summed E-state index contributed by atoms with van der Waals surface area (Å²) in [5, 5.41) is 0. The maximum atomic E-state index is 13.3. The van der Waals surface area contributed by atoms with E-state index in [1.807, 2.05) is 0 Å². The Morgan fingerprint density at radius 2 is 1.35 bits per heavy atom. The average Bonchev–Trinajstić information content (AvgIpc) is 3.14. The molecule has 31 heavy (non-hydrogen) atoms. The van der Waals surface area contributed by atoms with Crippen LogP contribution in [0.3, 0.4) is 0 Å². The molecule has 5 atom stereocenters. The smallest absolute Gasteiger partial charge is 0.233 e. The number of likely N-dealkylation sites (tertiary alicyclic amines) is 1. The van der Waals surface area contributed by atoms with Crippen molar-refractivity contribution in [2.45, 2.75) is 117 Å². The Hall–Kier alpha value is -0.940. The van der Waals surface area contributed by atoms with Crippen molar-refractivity contribution in [2.75, 3.05) is 0 Å². The van der Waals surface area contributed by atoms with Crippen LogP contribution in [0.15, 0.2) is 0 Å². The molecular formula is C26H43NO4. The fourth-order valence-electron chi connectivity index (χ4n) is 6.81. The van der Waals surface area contributed by atoms with Crippen molar-refractivity contribution in [2.24, 2.45) is 35.0 Å². The molecule has 4 fully saturated rings. The summed E-state index contributed by atoms with van der Waals surface area (Å²) in [5.41, 5.74) is 0.328. The maximum absolute atomic E-state index is 13.3. The standard InChI is InChI=1S/C26H43NO4/c1-15(2)21-22(16(3)4)24(29)27(23(21)28)18-8-9-19-20(14-18)31-26(30-19)12-10-17(11-13-26)25(5,6)7/h15-22H,8-14H2,1-7H3. The van der Waals surface area contributed by atoms with E-state index in [4.69, 9.17) is 9.47 Å². The van der Waals surface area contributed by atoms with E-state index in [1.54, 1.807) is 4.90 Å². The Bertz CT molecular complexity index is 675. The molecule has 2 amide bonds. The SMILES string of the molecule is CC(C)C1C(=O)N(C2CCC3OC4(CCC(C(C)(C)C)CC4)OC3C2)C(=O)C1C(C)C. The molecule has 2 aliphatic heterocycles. The molecule has 5 heteroatoms. The van der Waals surface area contributed by atoms with E-state index in [2.05, 4.69) is 48.5 Å². The first-order valence-electron chi connectivity index (χ1n) is 12.7. The summed E-state index contributed by atoms with van der Waals surface area (Å²) in [4.78, 5) is 28.3. The first-order chi connectivity index (χ1) is 14.4. The predicted molar refractivity (Wildman–Crippen MR) is 120 cm³/mol. The van der Waals surface area contributed by atoms with Gasteiger partial charge < -0.3 is 9.47 Å². The number of hydrogen-bond donors (Lipinski definition) is 0. The summed E-state index contributed by atoms with van der Waals surface area (Å²) in [6, 6.07) is -0.0454. The third-order valence-electron chi connectivity index (χ3n) is 8.64. The van der Waals surface area contributed by atoms with Crippen LogP contribution in [0.1, 0.15) is 93.4 Å². The highest BCUT2D eigenvalue weighted by atomic mass is 16.8. The lowest BCUT2D eigenvalue weighted by atomic mass is 9.71. The molecule has 0 aromatic carbocycles. The Kier molecular flexibility index (Phi) is 6.09. The van der Waals surface area contributed by atoms with Gasteiger partial charge in [0.1, 0.15) is 0 Å². The lowest BCUT2D eigenvalue weighted by Gasteiger charge is -2.41. The number of amides is 2.